The Hall–Kier alpha value is -7.87. The van der Waals surface area contributed by atoms with Crippen LogP contribution < -0.4 is 48.3 Å². The van der Waals surface area contributed by atoms with Crippen LogP contribution >= 0.6 is 0 Å². The lowest BCUT2D eigenvalue weighted by molar-refractivity contribution is -0.144. The van der Waals surface area contributed by atoms with Crippen LogP contribution in [0, 0.1) is 17.8 Å². The van der Waals surface area contributed by atoms with E-state index in [1.54, 1.807) is 13.8 Å². The largest absolute Gasteiger partial charge is 0.508 e. The highest BCUT2D eigenvalue weighted by Crippen LogP contribution is 2.36. The van der Waals surface area contributed by atoms with Crippen molar-refractivity contribution in [2.24, 2.45) is 23.5 Å². The van der Waals surface area contributed by atoms with Crippen molar-refractivity contribution in [1.29, 1.82) is 0 Å². The molecule has 12 amide bonds. The van der Waals surface area contributed by atoms with E-state index in [0.29, 0.717) is 51.7 Å². The number of phenolic OH excluding ortho intramolecular Hbond substituents is 1. The summed E-state index contributed by atoms with van der Waals surface area (Å²) in [5, 5.41) is 63.7. The molecule has 470 valence electrons. The molecule has 1 unspecified atom stereocenters. The second-order valence-corrected chi connectivity index (χ2v) is 24.0. The van der Waals surface area contributed by atoms with Crippen molar-refractivity contribution in [3.8, 4) is 5.75 Å². The van der Waals surface area contributed by atoms with Crippen LogP contribution in [0.2, 0.25) is 0 Å². The third-order valence-corrected chi connectivity index (χ3v) is 17.7. The number of aromatic nitrogens is 1. The number of likely N-dealkylation sites (tertiary alicyclic amines) is 1. The van der Waals surface area contributed by atoms with Gasteiger partial charge >= 0.3 is 0 Å². The minimum atomic E-state index is -2.49. The van der Waals surface area contributed by atoms with E-state index in [-0.39, 0.29) is 76.0 Å². The van der Waals surface area contributed by atoms with Gasteiger partial charge in [-0.25, -0.2) is 0 Å². The predicted octanol–water partition coefficient (Wildman–Crippen LogP) is -5.50. The van der Waals surface area contributed by atoms with E-state index in [1.165, 1.54) is 31.2 Å². The summed E-state index contributed by atoms with van der Waals surface area (Å²) in [5.41, 5.74) is 6.11. The third kappa shape index (κ3) is 16.3. The Morgan fingerprint density at radius 2 is 1.50 bits per heavy atom. The second-order valence-electron chi connectivity index (χ2n) is 22.6. The van der Waals surface area contributed by atoms with Crippen LogP contribution in [0.1, 0.15) is 83.3 Å². The van der Waals surface area contributed by atoms with Crippen LogP contribution in [0.5, 0.6) is 5.75 Å². The number of carbonyl (C=O) groups is 12. The summed E-state index contributed by atoms with van der Waals surface area (Å²) in [5.74, 6) is -13.1. The number of aliphatic hydroxyl groups is 3. The number of amides is 12. The molecule has 2 aromatic rings. The first-order valence-electron chi connectivity index (χ1n) is 28.7. The fraction of sp³-hybridized carbons (Fsp3) is 0.600. The number of aliphatic hydroxyl groups excluding tert-OH is 3. The molecule has 5 aliphatic rings. The number of benzene rings is 1. The van der Waals surface area contributed by atoms with Crippen molar-refractivity contribution in [2.75, 3.05) is 58.2 Å². The quantitative estimate of drug-likeness (QED) is 0.0489. The fourth-order valence-corrected chi connectivity index (χ4v) is 12.5. The van der Waals surface area contributed by atoms with Gasteiger partial charge in [0.05, 0.1) is 60.4 Å². The molecule has 31 heteroatoms. The van der Waals surface area contributed by atoms with E-state index >= 15 is 4.21 Å². The Balaban J connectivity index is 1.24. The summed E-state index contributed by atoms with van der Waals surface area (Å²) in [6, 6.07) is -7.47. The van der Waals surface area contributed by atoms with Crippen LogP contribution in [-0.4, -0.2) is 222 Å². The summed E-state index contributed by atoms with van der Waals surface area (Å²) in [6.45, 7) is 3.41. The Morgan fingerprint density at radius 1 is 0.814 bits per heavy atom. The number of carbonyl (C=O) groups excluding carboxylic acids is 12. The zero-order chi connectivity index (χ0) is 62.7. The number of nitrogens with one attached hydrogen (secondary N) is 9. The molecule has 0 saturated carbocycles. The normalized spacial score (nSPS) is 26.3. The van der Waals surface area contributed by atoms with Gasteiger partial charge in [0.2, 0.25) is 59.1 Å². The molecule has 1 aromatic carbocycles. The maximum absolute atomic E-state index is 15.3. The Labute approximate surface area is 496 Å². The number of aromatic hydroxyl groups is 1. The topological polar surface area (TPSA) is 451 Å². The number of hydrogen-bond acceptors (Lipinski definition) is 18. The SMILES string of the molecule is CC[C@H](C)[C@@H]1NC(=O)CNC(=O)[C@H]2Cc3c([nH]c4c(CN5CC(CCNC(=O)CCCCCN6C(=O)C=CC6=O)C5)c(O)ccc34)S(=O)C[C@@H](NC(=O)CNC1=O)C(=O)N[C@@H](CC(N)=O)C(=O)N1C[C@H](O)C[C@H]1C(=O)N[C@@H]([C@H](C)[C@H](O)CO)C(=O)N2. The number of imide groups is 1. The van der Waals surface area contributed by atoms with Gasteiger partial charge < -0.3 is 78.6 Å². The van der Waals surface area contributed by atoms with Gasteiger partial charge in [0, 0.05) is 87.6 Å². The number of unbranched alkanes of at least 4 members (excludes halogenated alkanes) is 2. The predicted molar refractivity (Wildman–Crippen MR) is 303 cm³/mol. The molecule has 5 aliphatic heterocycles. The molecule has 0 aliphatic carbocycles. The number of nitrogens with zero attached hydrogens (tertiary/aromatic N) is 3. The first-order valence-corrected chi connectivity index (χ1v) is 30.1. The average molecular weight is 1220 g/mol. The molecule has 0 radical (unpaired) electrons. The number of aromatic amines is 1. The van der Waals surface area contributed by atoms with Gasteiger partial charge in [-0.1, -0.05) is 33.6 Å². The highest BCUT2D eigenvalue weighted by Gasteiger charge is 2.45. The smallest absolute Gasteiger partial charge is 0.253 e. The summed E-state index contributed by atoms with van der Waals surface area (Å²) in [4.78, 5) is 170. The fourth-order valence-electron chi connectivity index (χ4n) is 11.1. The van der Waals surface area contributed by atoms with Gasteiger partial charge in [0.15, 0.2) is 0 Å². The van der Waals surface area contributed by atoms with Crippen LogP contribution in [0.25, 0.3) is 10.9 Å². The van der Waals surface area contributed by atoms with E-state index in [1.807, 2.05) is 4.90 Å². The lowest BCUT2D eigenvalue weighted by Gasteiger charge is -2.39. The maximum Gasteiger partial charge on any atom is 0.253 e. The lowest BCUT2D eigenvalue weighted by atomic mass is 9.93. The van der Waals surface area contributed by atoms with E-state index in [4.69, 9.17) is 5.73 Å². The minimum Gasteiger partial charge on any atom is -0.508 e. The van der Waals surface area contributed by atoms with Gasteiger partial charge in [-0.15, -0.1) is 0 Å². The van der Waals surface area contributed by atoms with Crippen LogP contribution in [0.4, 0.5) is 0 Å². The molecule has 1 aromatic heterocycles. The zero-order valence-corrected chi connectivity index (χ0v) is 48.8. The first-order chi connectivity index (χ1) is 40.9. The molecule has 11 atom stereocenters. The molecule has 2 saturated heterocycles. The summed E-state index contributed by atoms with van der Waals surface area (Å²) in [7, 11) is -2.49. The van der Waals surface area contributed by atoms with Crippen molar-refractivity contribution in [3.63, 3.8) is 0 Å². The molecule has 7 rings (SSSR count). The van der Waals surface area contributed by atoms with E-state index in [0.717, 1.165) is 9.80 Å². The summed E-state index contributed by atoms with van der Waals surface area (Å²) in [6.07, 6.45) is 0.441. The second kappa shape index (κ2) is 29.5. The van der Waals surface area contributed by atoms with Crippen molar-refractivity contribution in [1.82, 2.24) is 62.2 Å². The van der Waals surface area contributed by atoms with Gasteiger partial charge in [0.25, 0.3) is 11.8 Å². The Kier molecular flexibility index (Phi) is 22.5. The van der Waals surface area contributed by atoms with Crippen LogP contribution in [0.3, 0.4) is 0 Å². The maximum atomic E-state index is 15.3. The number of H-pyrrole nitrogens is 1. The molecule has 2 bridgehead atoms. The summed E-state index contributed by atoms with van der Waals surface area (Å²) < 4.78 is 15.3. The van der Waals surface area contributed by atoms with Crippen molar-refractivity contribution < 1.29 is 82.2 Å². The Morgan fingerprint density at radius 3 is 2.17 bits per heavy atom. The molecule has 86 heavy (non-hydrogen) atoms. The lowest BCUT2D eigenvalue weighted by Crippen LogP contribution is -2.62. The monoisotopic (exact) mass is 1220 g/mol. The molecule has 6 heterocycles. The highest BCUT2D eigenvalue weighted by molar-refractivity contribution is 7.85. The van der Waals surface area contributed by atoms with E-state index in [9.17, 15) is 78.0 Å². The third-order valence-electron chi connectivity index (χ3n) is 16.3. The van der Waals surface area contributed by atoms with Crippen LogP contribution in [-0.2, 0) is 81.3 Å². The molecule has 0 spiro atoms. The number of rotatable bonds is 18. The van der Waals surface area contributed by atoms with Crippen LogP contribution in [0.15, 0.2) is 29.3 Å². The molecule has 15 N–H and O–H groups in total. The first kappa shape index (κ1) is 65.7. The molecule has 2 fully saturated rings. The van der Waals surface area contributed by atoms with E-state index in [2.05, 4.69) is 47.5 Å². The molecular weight excluding hydrogens is 1150 g/mol. The van der Waals surface area contributed by atoms with Crippen molar-refractivity contribution in [3.05, 3.63) is 35.4 Å². The van der Waals surface area contributed by atoms with Gasteiger partial charge in [-0.05, 0) is 48.8 Å². The minimum absolute atomic E-state index is 0.0500. The zero-order valence-electron chi connectivity index (χ0n) is 48.0. The number of nitrogens with two attached hydrogens (primary N) is 1. The van der Waals surface area contributed by atoms with Gasteiger partial charge in [0.1, 0.15) is 47.0 Å². The van der Waals surface area contributed by atoms with Crippen molar-refractivity contribution >= 4 is 92.6 Å². The van der Waals surface area contributed by atoms with E-state index < -0.39 is 176 Å². The van der Waals surface area contributed by atoms with Gasteiger partial charge in [-0.3, -0.25) is 71.5 Å². The molecular formula is C55H77N13O17S. The average Bonchev–Trinajstić information content (AvgIpc) is 2.02. The number of primary amides is 1. The standard InChI is InChI=1S/C55H77N13O17S/c1-4-27(2)46-52(82)59-19-42(75)60-36-26-86(85)54-32(31-9-10-38(71)33(48(31)65-54)24-66-21-29(22-66)13-14-57-41(74)8-6-5-7-15-67-44(77)11-12-45(67)78)17-34(49(79)58-20-43(76)63-46)61-53(83)47(28(3)39(72)25-69)64-51(81)37-16-30(70)23-68(37)55(84)35(18-40(56)73)62-50(36)80/h9-12,27-30,34-37,39,46-47,65,69-72H,4-8,13-26H2,1-3H3,(H2,56,73)(H,57,74)(H,58,79)(H,59,82)(H,60,75)(H,61,83)(H,62,80)(H,63,76)(H,64,81)/t27-,28+,30+,34+,35-,36+,37-,39+,46-,47-,86?/m0/s1. The number of hydrogen-bond donors (Lipinski definition) is 14. The molecule has 30 nitrogen and oxygen atoms in total. The Bertz CT molecular complexity index is 3000. The van der Waals surface area contributed by atoms with Crippen molar-refractivity contribution in [2.45, 2.75) is 139 Å². The number of phenols is 1. The van der Waals surface area contributed by atoms with Gasteiger partial charge in [-0.2, -0.15) is 0 Å². The summed E-state index contributed by atoms with van der Waals surface area (Å²) >= 11 is 0. The highest BCUT2D eigenvalue weighted by atomic mass is 32.2. The number of fused-ring (bicyclic) bond motifs is 5.